The maximum atomic E-state index is 13.7. The van der Waals surface area contributed by atoms with Gasteiger partial charge in [0.15, 0.2) is 5.69 Å². The Morgan fingerprint density at radius 3 is 2.37 bits per heavy atom. The fraction of sp³-hybridized carbons (Fsp3) is 0.233. The van der Waals surface area contributed by atoms with Gasteiger partial charge in [0.1, 0.15) is 18.2 Å². The van der Waals surface area contributed by atoms with Crippen LogP contribution in [0.25, 0.3) is 16.9 Å². The molecule has 1 amide bonds. The summed E-state index contributed by atoms with van der Waals surface area (Å²) in [6.45, 7) is 4.28. The molecule has 3 aromatic carbocycles. The van der Waals surface area contributed by atoms with Crippen molar-refractivity contribution in [2.75, 3.05) is 0 Å². The van der Waals surface area contributed by atoms with Crippen LogP contribution in [0, 0.1) is 11.7 Å². The number of aromatic nitrogens is 2. The predicted molar refractivity (Wildman–Crippen MR) is 143 cm³/mol. The number of ether oxygens (including phenoxy) is 1. The number of amides is 1. The summed E-state index contributed by atoms with van der Waals surface area (Å²) in [7, 11) is 0. The lowest BCUT2D eigenvalue weighted by Gasteiger charge is -2.18. The first kappa shape index (κ1) is 26.6. The molecule has 1 heterocycles. The summed E-state index contributed by atoms with van der Waals surface area (Å²) in [6.07, 6.45) is 0.325. The predicted octanol–water partition coefficient (Wildman–Crippen LogP) is 5.88. The monoisotopic (exact) mass is 515 g/mol. The van der Waals surface area contributed by atoms with Gasteiger partial charge in [-0.3, -0.25) is 9.59 Å². The summed E-state index contributed by atoms with van der Waals surface area (Å²) in [4.78, 5) is 24.6. The standard InChI is InChI=1S/C30H30FN3O4/c1-20(2)16-23(17-29(35)36)32-30(37)26-18-27(34(33-26)24-14-12-22(31)13-15-24)25-10-6-7-11-28(25)38-19-21-8-4-3-5-9-21/h3-15,18,20,23H,16-17,19H2,1-2H3,(H,32,37)(H,35,36). The molecule has 4 rings (SSSR count). The lowest BCUT2D eigenvalue weighted by atomic mass is 10.0. The van der Waals surface area contributed by atoms with Gasteiger partial charge in [0, 0.05) is 11.6 Å². The van der Waals surface area contributed by atoms with Crippen molar-refractivity contribution < 1.29 is 23.8 Å². The molecule has 0 saturated heterocycles. The van der Waals surface area contributed by atoms with Gasteiger partial charge >= 0.3 is 5.97 Å². The molecule has 0 bridgehead atoms. The number of rotatable bonds is 11. The molecule has 38 heavy (non-hydrogen) atoms. The quantitative estimate of drug-likeness (QED) is 0.260. The van der Waals surface area contributed by atoms with Crippen LogP contribution < -0.4 is 10.1 Å². The van der Waals surface area contributed by atoms with Crippen LogP contribution in [-0.2, 0) is 11.4 Å². The van der Waals surface area contributed by atoms with E-state index in [0.717, 1.165) is 5.56 Å². The van der Waals surface area contributed by atoms with Gasteiger partial charge in [-0.05, 0) is 60.4 Å². The average molecular weight is 516 g/mol. The molecule has 0 aliphatic rings. The largest absolute Gasteiger partial charge is 0.488 e. The third-order valence-electron chi connectivity index (χ3n) is 5.93. The van der Waals surface area contributed by atoms with E-state index in [9.17, 15) is 19.1 Å². The third kappa shape index (κ3) is 6.85. The maximum absolute atomic E-state index is 13.7. The molecule has 0 aliphatic carbocycles. The van der Waals surface area contributed by atoms with Crippen molar-refractivity contribution in [3.8, 4) is 22.7 Å². The second-order valence-corrected chi connectivity index (χ2v) is 9.47. The number of carboxylic acid groups (broad SMARTS) is 1. The maximum Gasteiger partial charge on any atom is 0.305 e. The van der Waals surface area contributed by atoms with Crippen molar-refractivity contribution in [2.24, 2.45) is 5.92 Å². The number of aliphatic carboxylic acids is 1. The Kier molecular flexibility index (Phi) is 8.53. The summed E-state index contributed by atoms with van der Waals surface area (Å²) in [5, 5.41) is 16.7. The van der Waals surface area contributed by atoms with Gasteiger partial charge in [-0.1, -0.05) is 56.3 Å². The Bertz CT molecular complexity index is 1380. The highest BCUT2D eigenvalue weighted by molar-refractivity contribution is 5.94. The van der Waals surface area contributed by atoms with Crippen molar-refractivity contribution in [2.45, 2.75) is 39.3 Å². The summed E-state index contributed by atoms with van der Waals surface area (Å²) < 4.78 is 21.4. The molecule has 0 spiro atoms. The van der Waals surface area contributed by atoms with Crippen LogP contribution in [0.2, 0.25) is 0 Å². The highest BCUT2D eigenvalue weighted by Gasteiger charge is 2.23. The molecule has 0 saturated carbocycles. The number of carboxylic acids is 1. The molecule has 7 nitrogen and oxygen atoms in total. The first-order valence-corrected chi connectivity index (χ1v) is 12.4. The van der Waals surface area contributed by atoms with Gasteiger partial charge < -0.3 is 15.2 Å². The second-order valence-electron chi connectivity index (χ2n) is 9.47. The van der Waals surface area contributed by atoms with E-state index in [2.05, 4.69) is 10.4 Å². The Morgan fingerprint density at radius 2 is 1.68 bits per heavy atom. The van der Waals surface area contributed by atoms with E-state index in [1.54, 1.807) is 22.9 Å². The molecule has 2 N–H and O–H groups in total. The van der Waals surface area contributed by atoms with Crippen LogP contribution >= 0.6 is 0 Å². The third-order valence-corrected chi connectivity index (χ3v) is 5.93. The normalized spacial score (nSPS) is 11.8. The summed E-state index contributed by atoms with van der Waals surface area (Å²) in [5.41, 5.74) is 2.94. The zero-order chi connectivity index (χ0) is 27.1. The zero-order valence-corrected chi connectivity index (χ0v) is 21.3. The van der Waals surface area contributed by atoms with Crippen molar-refractivity contribution in [3.05, 3.63) is 102 Å². The molecular formula is C30H30FN3O4. The minimum absolute atomic E-state index is 0.112. The molecule has 0 fully saturated rings. The van der Waals surface area contributed by atoms with E-state index in [-0.39, 0.29) is 18.0 Å². The number of hydrogen-bond donors (Lipinski definition) is 2. The highest BCUT2D eigenvalue weighted by Crippen LogP contribution is 2.33. The van der Waals surface area contributed by atoms with Gasteiger partial charge in [-0.15, -0.1) is 0 Å². The first-order valence-electron chi connectivity index (χ1n) is 12.4. The van der Waals surface area contributed by atoms with Crippen LogP contribution in [0.1, 0.15) is 42.7 Å². The molecule has 1 unspecified atom stereocenters. The molecule has 0 aliphatic heterocycles. The van der Waals surface area contributed by atoms with Crippen molar-refractivity contribution >= 4 is 11.9 Å². The number of nitrogens with one attached hydrogen (secondary N) is 1. The van der Waals surface area contributed by atoms with Crippen LogP contribution in [0.3, 0.4) is 0 Å². The van der Waals surface area contributed by atoms with E-state index in [1.165, 1.54) is 12.1 Å². The van der Waals surface area contributed by atoms with E-state index in [4.69, 9.17) is 4.74 Å². The zero-order valence-electron chi connectivity index (χ0n) is 21.3. The Labute approximate surface area is 220 Å². The van der Waals surface area contributed by atoms with E-state index < -0.39 is 23.7 Å². The number of benzene rings is 3. The first-order chi connectivity index (χ1) is 18.3. The minimum Gasteiger partial charge on any atom is -0.488 e. The summed E-state index contributed by atoms with van der Waals surface area (Å²) in [6, 6.07) is 24.1. The second kappa shape index (κ2) is 12.2. The molecule has 8 heteroatoms. The summed E-state index contributed by atoms with van der Waals surface area (Å²) in [5.74, 6) is -1.08. The van der Waals surface area contributed by atoms with Crippen molar-refractivity contribution in [1.29, 1.82) is 0 Å². The molecule has 1 atom stereocenters. The van der Waals surface area contributed by atoms with Gasteiger partial charge in [0.25, 0.3) is 5.91 Å². The molecule has 1 aromatic heterocycles. The fourth-order valence-electron chi connectivity index (χ4n) is 4.23. The summed E-state index contributed by atoms with van der Waals surface area (Å²) >= 11 is 0. The van der Waals surface area contributed by atoms with Crippen LogP contribution in [0.5, 0.6) is 5.75 Å². The average Bonchev–Trinajstić information content (AvgIpc) is 3.33. The minimum atomic E-state index is -0.988. The Balaban J connectivity index is 1.71. The van der Waals surface area contributed by atoms with Gasteiger partial charge in [-0.2, -0.15) is 5.10 Å². The lowest BCUT2D eigenvalue weighted by molar-refractivity contribution is -0.137. The van der Waals surface area contributed by atoms with Crippen LogP contribution in [-0.4, -0.2) is 32.8 Å². The number of carbonyl (C=O) groups is 2. The van der Waals surface area contributed by atoms with Gasteiger partial charge in [-0.25, -0.2) is 9.07 Å². The van der Waals surface area contributed by atoms with Crippen molar-refractivity contribution in [1.82, 2.24) is 15.1 Å². The Hall–Kier alpha value is -4.46. The molecule has 0 radical (unpaired) electrons. The number of nitrogens with zero attached hydrogens (tertiary/aromatic N) is 2. The van der Waals surface area contributed by atoms with Crippen LogP contribution in [0.4, 0.5) is 4.39 Å². The molecule has 196 valence electrons. The van der Waals surface area contributed by atoms with Gasteiger partial charge in [0.2, 0.25) is 0 Å². The molecule has 4 aromatic rings. The number of hydrogen-bond acceptors (Lipinski definition) is 4. The fourth-order valence-corrected chi connectivity index (χ4v) is 4.23. The van der Waals surface area contributed by atoms with E-state index >= 15 is 0 Å². The lowest BCUT2D eigenvalue weighted by Crippen LogP contribution is -2.37. The Morgan fingerprint density at radius 1 is 1.00 bits per heavy atom. The van der Waals surface area contributed by atoms with Crippen LogP contribution in [0.15, 0.2) is 84.9 Å². The number of carbonyl (C=O) groups excluding carboxylic acids is 1. The van der Waals surface area contributed by atoms with E-state index in [0.29, 0.717) is 35.7 Å². The van der Waals surface area contributed by atoms with Gasteiger partial charge in [0.05, 0.1) is 17.8 Å². The highest BCUT2D eigenvalue weighted by atomic mass is 19.1. The molecular weight excluding hydrogens is 485 g/mol. The van der Waals surface area contributed by atoms with Crippen molar-refractivity contribution in [3.63, 3.8) is 0 Å². The van der Waals surface area contributed by atoms with E-state index in [1.807, 2.05) is 68.4 Å². The smallest absolute Gasteiger partial charge is 0.305 e. The SMILES string of the molecule is CC(C)CC(CC(=O)O)NC(=O)c1cc(-c2ccccc2OCc2ccccc2)n(-c2ccc(F)cc2)n1. The topological polar surface area (TPSA) is 93.5 Å². The number of para-hydroxylation sites is 1. The number of halogens is 1.